The third-order valence-corrected chi connectivity index (χ3v) is 3.99. The van der Waals surface area contributed by atoms with Gasteiger partial charge in [-0.05, 0) is 59.4 Å². The average Bonchev–Trinajstić information content (AvgIpc) is 2.45. The normalized spacial score (nSPS) is 20.0. The molecule has 1 fully saturated rings. The molecule has 1 N–H and O–H groups in total. The van der Waals surface area contributed by atoms with Crippen molar-refractivity contribution in [1.82, 2.24) is 15.3 Å². The van der Waals surface area contributed by atoms with Crippen LogP contribution in [-0.4, -0.2) is 40.8 Å². The third kappa shape index (κ3) is 5.37. The summed E-state index contributed by atoms with van der Waals surface area (Å²) in [4.78, 5) is 22.9. The maximum absolute atomic E-state index is 11.9. The molecule has 128 valence electrons. The number of alkyl carbamates (subject to hydrolysis) is 1. The highest BCUT2D eigenvalue weighted by Gasteiger charge is 2.27. The summed E-state index contributed by atoms with van der Waals surface area (Å²) < 4.78 is 5.34. The minimum atomic E-state index is -0.471. The number of carbonyl (C=O) groups excluding carboxylic acids is 1. The van der Waals surface area contributed by atoms with Crippen LogP contribution < -0.4 is 10.2 Å². The molecule has 1 amide bonds. The lowest BCUT2D eigenvalue weighted by atomic mass is 9.91. The Morgan fingerprint density at radius 1 is 1.48 bits per heavy atom. The lowest BCUT2D eigenvalue weighted by molar-refractivity contribution is 0.0489. The minimum absolute atomic E-state index is 0.0654. The van der Waals surface area contributed by atoms with Crippen LogP contribution in [0.25, 0.3) is 0 Å². The second kappa shape index (κ2) is 7.15. The van der Waals surface area contributed by atoms with E-state index in [1.165, 1.54) is 0 Å². The van der Waals surface area contributed by atoms with Gasteiger partial charge in [-0.2, -0.15) is 0 Å². The number of anilines is 1. The Bertz CT molecular complexity index is 542. The van der Waals surface area contributed by atoms with Gasteiger partial charge in [0.2, 0.25) is 0 Å². The van der Waals surface area contributed by atoms with Gasteiger partial charge in [-0.1, -0.05) is 0 Å². The maximum Gasteiger partial charge on any atom is 0.407 e. The highest BCUT2D eigenvalue weighted by Crippen LogP contribution is 2.24. The monoisotopic (exact) mass is 320 g/mol. The Labute approximate surface area is 138 Å². The summed E-state index contributed by atoms with van der Waals surface area (Å²) in [6.45, 7) is 11.4. The first-order chi connectivity index (χ1) is 10.7. The molecule has 0 unspecified atom stereocenters. The lowest BCUT2D eigenvalue weighted by Crippen LogP contribution is -2.47. The standard InChI is InChI=1S/C17H28N4O2/c1-12(19-16(22)23-17(3,4)5)14-7-6-10-21(11-14)15-8-9-18-13(2)20-15/h8-9,12,14H,6-7,10-11H2,1-5H3,(H,19,22)/t12-,14-/m1/s1. The molecule has 2 atom stereocenters. The van der Waals surface area contributed by atoms with Crippen LogP contribution in [0.5, 0.6) is 0 Å². The van der Waals surface area contributed by atoms with E-state index in [0.29, 0.717) is 5.92 Å². The number of hydrogen-bond acceptors (Lipinski definition) is 5. The molecule has 0 saturated carbocycles. The van der Waals surface area contributed by atoms with E-state index >= 15 is 0 Å². The van der Waals surface area contributed by atoms with Gasteiger partial charge in [0.15, 0.2) is 0 Å². The van der Waals surface area contributed by atoms with Crippen LogP contribution in [0.4, 0.5) is 10.6 Å². The molecule has 2 heterocycles. The van der Waals surface area contributed by atoms with E-state index in [4.69, 9.17) is 4.74 Å². The quantitative estimate of drug-likeness (QED) is 0.927. The van der Waals surface area contributed by atoms with Crippen molar-refractivity contribution in [3.63, 3.8) is 0 Å². The van der Waals surface area contributed by atoms with E-state index in [9.17, 15) is 4.79 Å². The zero-order valence-corrected chi connectivity index (χ0v) is 14.8. The van der Waals surface area contributed by atoms with Gasteiger partial charge < -0.3 is 15.0 Å². The molecule has 1 saturated heterocycles. The van der Waals surface area contributed by atoms with Gasteiger partial charge >= 0.3 is 6.09 Å². The maximum atomic E-state index is 11.9. The fourth-order valence-corrected chi connectivity index (χ4v) is 2.86. The number of aryl methyl sites for hydroxylation is 1. The van der Waals surface area contributed by atoms with Gasteiger partial charge in [0.25, 0.3) is 0 Å². The van der Waals surface area contributed by atoms with Crippen molar-refractivity contribution < 1.29 is 9.53 Å². The van der Waals surface area contributed by atoms with Gasteiger partial charge in [-0.15, -0.1) is 0 Å². The smallest absolute Gasteiger partial charge is 0.407 e. The second-order valence-corrected chi connectivity index (χ2v) is 7.25. The summed E-state index contributed by atoms with van der Waals surface area (Å²) in [5, 5.41) is 2.97. The molecule has 6 nitrogen and oxygen atoms in total. The zero-order valence-electron chi connectivity index (χ0n) is 14.8. The van der Waals surface area contributed by atoms with Gasteiger partial charge in [-0.3, -0.25) is 0 Å². The molecule has 0 spiro atoms. The molecule has 0 aromatic carbocycles. The molecule has 23 heavy (non-hydrogen) atoms. The van der Waals surface area contributed by atoms with E-state index in [1.807, 2.05) is 40.7 Å². The van der Waals surface area contributed by atoms with Crippen molar-refractivity contribution in [3.05, 3.63) is 18.1 Å². The highest BCUT2D eigenvalue weighted by atomic mass is 16.6. The van der Waals surface area contributed by atoms with Crippen LogP contribution in [0.2, 0.25) is 0 Å². The van der Waals surface area contributed by atoms with Crippen LogP contribution in [0.15, 0.2) is 12.3 Å². The van der Waals surface area contributed by atoms with Crippen LogP contribution in [0.3, 0.4) is 0 Å². The SMILES string of the molecule is Cc1nccc(N2CCC[C@@H]([C@@H](C)NC(=O)OC(C)(C)C)C2)n1. The Hall–Kier alpha value is -1.85. The highest BCUT2D eigenvalue weighted by molar-refractivity contribution is 5.68. The molecule has 2 rings (SSSR count). The van der Waals surface area contributed by atoms with Gasteiger partial charge in [0.1, 0.15) is 17.2 Å². The Kier molecular flexibility index (Phi) is 5.44. The zero-order chi connectivity index (χ0) is 17.0. The first-order valence-electron chi connectivity index (χ1n) is 8.29. The Morgan fingerprint density at radius 2 is 2.22 bits per heavy atom. The van der Waals surface area contributed by atoms with Gasteiger partial charge in [-0.25, -0.2) is 14.8 Å². The van der Waals surface area contributed by atoms with Crippen molar-refractivity contribution in [1.29, 1.82) is 0 Å². The van der Waals surface area contributed by atoms with E-state index in [0.717, 1.165) is 37.6 Å². The summed E-state index contributed by atoms with van der Waals surface area (Å²) >= 11 is 0. The van der Waals surface area contributed by atoms with E-state index in [1.54, 1.807) is 6.20 Å². The summed E-state index contributed by atoms with van der Waals surface area (Å²) in [6.07, 6.45) is 3.63. The molecular weight excluding hydrogens is 292 g/mol. The Morgan fingerprint density at radius 3 is 2.87 bits per heavy atom. The van der Waals surface area contributed by atoms with Crippen LogP contribution in [0.1, 0.15) is 46.4 Å². The van der Waals surface area contributed by atoms with Crippen molar-refractivity contribution >= 4 is 11.9 Å². The van der Waals surface area contributed by atoms with Crippen molar-refractivity contribution in [2.75, 3.05) is 18.0 Å². The number of ether oxygens (including phenoxy) is 1. The summed E-state index contributed by atoms with van der Waals surface area (Å²) in [6, 6.07) is 2.01. The molecule has 0 radical (unpaired) electrons. The van der Waals surface area contributed by atoms with Gasteiger partial charge in [0, 0.05) is 25.3 Å². The molecule has 6 heteroatoms. The molecule has 0 aliphatic carbocycles. The van der Waals surface area contributed by atoms with Crippen molar-refractivity contribution in [2.24, 2.45) is 5.92 Å². The predicted octanol–water partition coefficient (Wildman–Crippen LogP) is 2.91. The number of piperidine rings is 1. The average molecular weight is 320 g/mol. The van der Waals surface area contributed by atoms with Crippen LogP contribution >= 0.6 is 0 Å². The van der Waals surface area contributed by atoms with Crippen LogP contribution in [-0.2, 0) is 4.74 Å². The van der Waals surface area contributed by atoms with Crippen molar-refractivity contribution in [3.8, 4) is 0 Å². The lowest BCUT2D eigenvalue weighted by Gasteiger charge is -2.36. The molecule has 1 aliphatic heterocycles. The number of nitrogens with one attached hydrogen (secondary N) is 1. The first kappa shape index (κ1) is 17.5. The summed E-state index contributed by atoms with van der Waals surface area (Å²) in [7, 11) is 0. The van der Waals surface area contributed by atoms with Gasteiger partial charge in [0.05, 0.1) is 0 Å². The number of nitrogens with zero attached hydrogens (tertiary/aromatic N) is 3. The number of carbonyl (C=O) groups is 1. The fourth-order valence-electron chi connectivity index (χ4n) is 2.86. The largest absolute Gasteiger partial charge is 0.444 e. The topological polar surface area (TPSA) is 67.4 Å². The first-order valence-corrected chi connectivity index (χ1v) is 8.29. The number of amides is 1. The van der Waals surface area contributed by atoms with E-state index < -0.39 is 5.60 Å². The summed E-state index contributed by atoms with van der Waals surface area (Å²) in [5.41, 5.74) is -0.471. The molecule has 1 aromatic rings. The summed E-state index contributed by atoms with van der Waals surface area (Å²) in [5.74, 6) is 2.13. The van der Waals surface area contributed by atoms with E-state index in [-0.39, 0.29) is 12.1 Å². The minimum Gasteiger partial charge on any atom is -0.444 e. The van der Waals surface area contributed by atoms with Crippen molar-refractivity contribution in [2.45, 2.75) is 59.1 Å². The predicted molar refractivity (Wildman–Crippen MR) is 90.5 cm³/mol. The molecule has 1 aromatic heterocycles. The Balaban J connectivity index is 1.94. The van der Waals surface area contributed by atoms with E-state index in [2.05, 4.69) is 20.2 Å². The molecule has 0 bridgehead atoms. The van der Waals surface area contributed by atoms with Crippen LogP contribution in [0, 0.1) is 12.8 Å². The second-order valence-electron chi connectivity index (χ2n) is 7.25. The fraction of sp³-hybridized carbons (Fsp3) is 0.706. The molecular formula is C17H28N4O2. The third-order valence-electron chi connectivity index (χ3n) is 3.99. The number of hydrogen-bond donors (Lipinski definition) is 1. The number of rotatable bonds is 3. The molecule has 1 aliphatic rings. The number of aromatic nitrogens is 2.